The first kappa shape index (κ1) is 16.0. The summed E-state index contributed by atoms with van der Waals surface area (Å²) in [6.45, 7) is 0.477. The number of nitrogens with two attached hydrogens (primary N) is 1. The highest BCUT2D eigenvalue weighted by atomic mass is 16.5. The highest BCUT2D eigenvalue weighted by molar-refractivity contribution is 5.65. The van der Waals surface area contributed by atoms with E-state index in [9.17, 15) is 0 Å². The Morgan fingerprint density at radius 3 is 2.25 bits per heavy atom. The molecule has 0 atom stereocenters. The standard InChI is InChI=1S/C19H20N4O/c1-23(18-6-4-3-5-15(18)11-20)19-21-12-16(13-22-19)14-7-9-17(24-2)10-8-14/h3-10,12-13H,11,20H2,1-2H3. The molecular weight excluding hydrogens is 300 g/mol. The Bertz CT molecular complexity index is 800. The largest absolute Gasteiger partial charge is 0.497 e. The van der Waals surface area contributed by atoms with Crippen LogP contribution in [0.3, 0.4) is 0 Å². The Hall–Kier alpha value is -2.92. The van der Waals surface area contributed by atoms with Crippen LogP contribution in [0.2, 0.25) is 0 Å². The number of nitrogens with zero attached hydrogens (tertiary/aromatic N) is 3. The normalized spacial score (nSPS) is 10.5. The predicted octanol–water partition coefficient (Wildman–Crippen LogP) is 3.38. The van der Waals surface area contributed by atoms with Crippen LogP contribution in [0.1, 0.15) is 5.56 Å². The first-order valence-corrected chi connectivity index (χ1v) is 7.71. The molecule has 0 unspecified atom stereocenters. The summed E-state index contributed by atoms with van der Waals surface area (Å²) in [7, 11) is 3.60. The second-order valence-electron chi connectivity index (χ2n) is 5.39. The number of para-hydroxylation sites is 1. The molecule has 1 aromatic heterocycles. The summed E-state index contributed by atoms with van der Waals surface area (Å²) >= 11 is 0. The third kappa shape index (κ3) is 3.21. The van der Waals surface area contributed by atoms with Gasteiger partial charge in [0.2, 0.25) is 5.95 Å². The van der Waals surface area contributed by atoms with Gasteiger partial charge >= 0.3 is 0 Å². The molecule has 5 nitrogen and oxygen atoms in total. The van der Waals surface area contributed by atoms with Crippen LogP contribution >= 0.6 is 0 Å². The Balaban J connectivity index is 1.85. The van der Waals surface area contributed by atoms with Crippen LogP contribution in [0.15, 0.2) is 60.9 Å². The third-order valence-corrected chi connectivity index (χ3v) is 3.93. The summed E-state index contributed by atoms with van der Waals surface area (Å²) in [6.07, 6.45) is 3.65. The molecule has 0 saturated carbocycles. The van der Waals surface area contributed by atoms with E-state index in [0.29, 0.717) is 12.5 Å². The van der Waals surface area contributed by atoms with Gasteiger partial charge in [0.05, 0.1) is 7.11 Å². The van der Waals surface area contributed by atoms with Crippen LogP contribution in [0.4, 0.5) is 11.6 Å². The lowest BCUT2D eigenvalue weighted by atomic mass is 10.1. The molecule has 24 heavy (non-hydrogen) atoms. The number of hydrogen-bond acceptors (Lipinski definition) is 5. The predicted molar refractivity (Wildman–Crippen MR) is 96.4 cm³/mol. The molecule has 0 aliphatic heterocycles. The van der Waals surface area contributed by atoms with Crippen LogP contribution in [0, 0.1) is 0 Å². The number of rotatable bonds is 5. The fraction of sp³-hybridized carbons (Fsp3) is 0.158. The maximum atomic E-state index is 5.81. The molecule has 1 heterocycles. The van der Waals surface area contributed by atoms with Gasteiger partial charge in [0.1, 0.15) is 5.75 Å². The Labute approximate surface area is 141 Å². The van der Waals surface area contributed by atoms with Crippen molar-refractivity contribution in [2.24, 2.45) is 5.73 Å². The van der Waals surface area contributed by atoms with Crippen molar-refractivity contribution in [1.82, 2.24) is 9.97 Å². The lowest BCUT2D eigenvalue weighted by Crippen LogP contribution is -2.15. The van der Waals surface area contributed by atoms with Gasteiger partial charge in [-0.15, -0.1) is 0 Å². The van der Waals surface area contributed by atoms with Crippen LogP contribution in [0.5, 0.6) is 5.75 Å². The van der Waals surface area contributed by atoms with Crippen molar-refractivity contribution in [3.8, 4) is 16.9 Å². The summed E-state index contributed by atoms with van der Waals surface area (Å²) in [5.41, 5.74) is 9.89. The number of benzene rings is 2. The number of aromatic nitrogens is 2. The molecule has 0 radical (unpaired) electrons. The van der Waals surface area contributed by atoms with E-state index in [1.165, 1.54) is 0 Å². The van der Waals surface area contributed by atoms with E-state index in [-0.39, 0.29) is 0 Å². The van der Waals surface area contributed by atoms with Crippen molar-refractivity contribution in [1.29, 1.82) is 0 Å². The zero-order chi connectivity index (χ0) is 16.9. The van der Waals surface area contributed by atoms with Gasteiger partial charge in [0.25, 0.3) is 0 Å². The molecule has 2 N–H and O–H groups in total. The molecule has 2 aromatic carbocycles. The van der Waals surface area contributed by atoms with Gasteiger partial charge in [0.15, 0.2) is 0 Å². The molecule has 0 amide bonds. The summed E-state index contributed by atoms with van der Waals surface area (Å²) < 4.78 is 5.18. The average molecular weight is 320 g/mol. The van der Waals surface area contributed by atoms with Gasteiger partial charge in [-0.1, -0.05) is 30.3 Å². The van der Waals surface area contributed by atoms with Crippen LogP contribution < -0.4 is 15.4 Å². The second-order valence-corrected chi connectivity index (χ2v) is 5.39. The lowest BCUT2D eigenvalue weighted by Gasteiger charge is -2.20. The summed E-state index contributed by atoms with van der Waals surface area (Å²) in [5.74, 6) is 1.46. The lowest BCUT2D eigenvalue weighted by molar-refractivity contribution is 0.415. The topological polar surface area (TPSA) is 64.3 Å². The van der Waals surface area contributed by atoms with Gasteiger partial charge < -0.3 is 15.4 Å². The quantitative estimate of drug-likeness (QED) is 0.781. The van der Waals surface area contributed by atoms with Gasteiger partial charge in [-0.2, -0.15) is 0 Å². The SMILES string of the molecule is COc1ccc(-c2cnc(N(C)c3ccccc3CN)nc2)cc1. The minimum Gasteiger partial charge on any atom is -0.497 e. The van der Waals surface area contributed by atoms with Gasteiger partial charge in [-0.05, 0) is 29.3 Å². The van der Waals surface area contributed by atoms with E-state index in [1.807, 2.05) is 72.9 Å². The first-order chi connectivity index (χ1) is 11.7. The van der Waals surface area contributed by atoms with E-state index < -0.39 is 0 Å². The van der Waals surface area contributed by atoms with E-state index in [1.54, 1.807) is 7.11 Å². The van der Waals surface area contributed by atoms with Crippen molar-refractivity contribution in [2.45, 2.75) is 6.54 Å². The van der Waals surface area contributed by atoms with Crippen LogP contribution in [-0.2, 0) is 6.54 Å². The zero-order valence-corrected chi connectivity index (χ0v) is 13.8. The Morgan fingerprint density at radius 2 is 1.62 bits per heavy atom. The van der Waals surface area contributed by atoms with Crippen molar-refractivity contribution in [3.63, 3.8) is 0 Å². The van der Waals surface area contributed by atoms with Gasteiger partial charge in [0, 0.05) is 37.2 Å². The molecule has 5 heteroatoms. The molecule has 0 fully saturated rings. The number of anilines is 2. The second kappa shape index (κ2) is 7.10. The first-order valence-electron chi connectivity index (χ1n) is 7.71. The number of ether oxygens (including phenoxy) is 1. The highest BCUT2D eigenvalue weighted by Crippen LogP contribution is 2.26. The molecule has 0 saturated heterocycles. The van der Waals surface area contributed by atoms with E-state index in [2.05, 4.69) is 9.97 Å². The molecule has 0 aliphatic rings. The minimum atomic E-state index is 0.477. The van der Waals surface area contributed by atoms with Gasteiger partial charge in [-0.25, -0.2) is 9.97 Å². The van der Waals surface area contributed by atoms with Crippen molar-refractivity contribution in [2.75, 3.05) is 19.1 Å². The summed E-state index contributed by atoms with van der Waals surface area (Å²) in [5, 5.41) is 0. The van der Waals surface area contributed by atoms with Crippen LogP contribution in [-0.4, -0.2) is 24.1 Å². The highest BCUT2D eigenvalue weighted by Gasteiger charge is 2.10. The van der Waals surface area contributed by atoms with Gasteiger partial charge in [-0.3, -0.25) is 0 Å². The summed E-state index contributed by atoms with van der Waals surface area (Å²) in [4.78, 5) is 10.9. The maximum absolute atomic E-state index is 5.81. The monoisotopic (exact) mass is 320 g/mol. The molecule has 3 aromatic rings. The van der Waals surface area contributed by atoms with Crippen molar-refractivity contribution >= 4 is 11.6 Å². The van der Waals surface area contributed by atoms with E-state index >= 15 is 0 Å². The smallest absolute Gasteiger partial charge is 0.229 e. The molecule has 0 aliphatic carbocycles. The summed E-state index contributed by atoms with van der Waals surface area (Å²) in [6, 6.07) is 15.8. The third-order valence-electron chi connectivity index (χ3n) is 3.93. The zero-order valence-electron chi connectivity index (χ0n) is 13.8. The van der Waals surface area contributed by atoms with E-state index in [0.717, 1.165) is 28.1 Å². The number of methoxy groups -OCH3 is 1. The Morgan fingerprint density at radius 1 is 0.958 bits per heavy atom. The van der Waals surface area contributed by atoms with E-state index in [4.69, 9.17) is 10.5 Å². The Kier molecular flexibility index (Phi) is 4.72. The fourth-order valence-corrected chi connectivity index (χ4v) is 2.55. The molecule has 3 rings (SSSR count). The van der Waals surface area contributed by atoms with Crippen LogP contribution in [0.25, 0.3) is 11.1 Å². The minimum absolute atomic E-state index is 0.477. The molecule has 0 spiro atoms. The fourth-order valence-electron chi connectivity index (χ4n) is 2.55. The number of hydrogen-bond donors (Lipinski definition) is 1. The maximum Gasteiger partial charge on any atom is 0.229 e. The molecular formula is C19H20N4O. The molecule has 122 valence electrons. The van der Waals surface area contributed by atoms with Crippen molar-refractivity contribution < 1.29 is 4.74 Å². The average Bonchev–Trinajstić information content (AvgIpc) is 2.67. The molecule has 0 bridgehead atoms. The van der Waals surface area contributed by atoms with Crippen molar-refractivity contribution in [3.05, 3.63) is 66.5 Å².